The van der Waals surface area contributed by atoms with Crippen molar-refractivity contribution in [1.82, 2.24) is 14.7 Å². The Bertz CT molecular complexity index is 960. The fourth-order valence-corrected chi connectivity index (χ4v) is 4.54. The van der Waals surface area contributed by atoms with Gasteiger partial charge in [-0.25, -0.2) is 9.18 Å². The summed E-state index contributed by atoms with van der Waals surface area (Å²) in [4.78, 5) is 26.0. The molecular weight excluding hydrogens is 389 g/mol. The molecule has 0 bridgehead atoms. The Morgan fingerprint density at radius 2 is 2.07 bits per heavy atom. The third kappa shape index (κ3) is 3.59. The summed E-state index contributed by atoms with van der Waals surface area (Å²) in [7, 11) is 0. The van der Waals surface area contributed by atoms with Crippen LogP contribution in [0.2, 0.25) is 0 Å². The number of rotatable bonds is 5. The van der Waals surface area contributed by atoms with Gasteiger partial charge in [-0.2, -0.15) is 5.10 Å². The maximum atomic E-state index is 13.2. The Morgan fingerprint density at radius 3 is 2.67 bits per heavy atom. The SMILES string of the molecule is CCOC(=O)N1CCC2(CC2C)C(n2cc(C(N)=O)c(Nc3ccc(F)cc3)n2)C1. The molecule has 8 nitrogen and oxygen atoms in total. The van der Waals surface area contributed by atoms with Gasteiger partial charge >= 0.3 is 6.09 Å². The van der Waals surface area contributed by atoms with Gasteiger partial charge in [-0.15, -0.1) is 0 Å². The minimum Gasteiger partial charge on any atom is -0.450 e. The monoisotopic (exact) mass is 415 g/mol. The van der Waals surface area contributed by atoms with Crippen LogP contribution in [0.4, 0.5) is 20.7 Å². The Balaban J connectivity index is 1.64. The molecular formula is C21H26FN5O3. The van der Waals surface area contributed by atoms with Gasteiger partial charge in [0.05, 0.1) is 12.6 Å². The lowest BCUT2D eigenvalue weighted by Gasteiger charge is -2.39. The lowest BCUT2D eigenvalue weighted by molar-refractivity contribution is 0.0614. The first-order chi connectivity index (χ1) is 14.3. The number of amides is 2. The fraction of sp³-hybridized carbons (Fsp3) is 0.476. The molecule has 9 heteroatoms. The van der Waals surface area contributed by atoms with E-state index >= 15 is 0 Å². The maximum absolute atomic E-state index is 13.2. The zero-order valence-corrected chi connectivity index (χ0v) is 17.1. The number of ether oxygens (including phenoxy) is 1. The summed E-state index contributed by atoms with van der Waals surface area (Å²) in [6, 6.07) is 5.68. The van der Waals surface area contributed by atoms with Gasteiger partial charge in [0.25, 0.3) is 5.91 Å². The lowest BCUT2D eigenvalue weighted by atomic mass is 9.86. The summed E-state index contributed by atoms with van der Waals surface area (Å²) in [5.74, 6) is -0.152. The van der Waals surface area contributed by atoms with Gasteiger partial charge < -0.3 is 20.7 Å². The number of anilines is 2. The van der Waals surface area contributed by atoms with Crippen molar-refractivity contribution < 1.29 is 18.7 Å². The van der Waals surface area contributed by atoms with Crippen LogP contribution in [0, 0.1) is 17.2 Å². The van der Waals surface area contributed by atoms with Crippen LogP contribution >= 0.6 is 0 Å². The number of primary amides is 1. The number of nitrogens with two attached hydrogens (primary N) is 1. The van der Waals surface area contributed by atoms with E-state index in [0.717, 1.165) is 12.8 Å². The second kappa shape index (κ2) is 7.62. The van der Waals surface area contributed by atoms with Crippen molar-refractivity contribution in [3.63, 3.8) is 0 Å². The third-order valence-corrected chi connectivity index (χ3v) is 6.36. The molecule has 2 heterocycles. The number of nitrogens with one attached hydrogen (secondary N) is 1. The molecule has 1 aliphatic carbocycles. The van der Waals surface area contributed by atoms with Crippen molar-refractivity contribution in [2.75, 3.05) is 25.0 Å². The van der Waals surface area contributed by atoms with Crippen molar-refractivity contribution >= 4 is 23.5 Å². The number of likely N-dealkylation sites (tertiary alicyclic amines) is 1. The molecule has 160 valence electrons. The second-order valence-corrected chi connectivity index (χ2v) is 8.12. The molecule has 2 aliphatic rings. The first-order valence-electron chi connectivity index (χ1n) is 10.2. The van der Waals surface area contributed by atoms with Crippen molar-refractivity contribution in [1.29, 1.82) is 0 Å². The predicted octanol–water partition coefficient (Wildman–Crippen LogP) is 3.29. The Morgan fingerprint density at radius 1 is 1.37 bits per heavy atom. The number of nitrogens with zero attached hydrogens (tertiary/aromatic N) is 3. The van der Waals surface area contributed by atoms with Gasteiger partial charge in [-0.05, 0) is 55.4 Å². The zero-order chi connectivity index (χ0) is 21.5. The molecule has 1 aromatic carbocycles. The van der Waals surface area contributed by atoms with Crippen LogP contribution < -0.4 is 11.1 Å². The molecule has 1 saturated carbocycles. The third-order valence-electron chi connectivity index (χ3n) is 6.36. The highest BCUT2D eigenvalue weighted by atomic mass is 19.1. The molecule has 30 heavy (non-hydrogen) atoms. The maximum Gasteiger partial charge on any atom is 0.409 e. The Kier molecular flexibility index (Phi) is 5.13. The van der Waals surface area contributed by atoms with Gasteiger partial charge in [-0.3, -0.25) is 9.48 Å². The van der Waals surface area contributed by atoms with Gasteiger partial charge in [0.1, 0.15) is 11.4 Å². The largest absolute Gasteiger partial charge is 0.450 e. The molecule has 2 aromatic rings. The Labute approximate surface area is 174 Å². The number of piperidine rings is 1. The van der Waals surface area contributed by atoms with Crippen molar-refractivity contribution in [2.45, 2.75) is 32.7 Å². The van der Waals surface area contributed by atoms with Crippen LogP contribution in [-0.4, -0.2) is 46.4 Å². The summed E-state index contributed by atoms with van der Waals surface area (Å²) >= 11 is 0. The number of hydrogen-bond donors (Lipinski definition) is 2. The van der Waals surface area contributed by atoms with E-state index in [9.17, 15) is 14.0 Å². The number of benzene rings is 1. The number of hydrogen-bond acceptors (Lipinski definition) is 5. The summed E-state index contributed by atoms with van der Waals surface area (Å²) in [6.45, 7) is 5.40. The minimum absolute atomic E-state index is 0.0388. The molecule has 2 fully saturated rings. The highest BCUT2D eigenvalue weighted by Crippen LogP contribution is 2.63. The average Bonchev–Trinajstić information content (AvgIpc) is 3.16. The topological polar surface area (TPSA) is 102 Å². The van der Waals surface area contributed by atoms with E-state index in [1.165, 1.54) is 12.1 Å². The molecule has 0 radical (unpaired) electrons. The van der Waals surface area contributed by atoms with E-state index < -0.39 is 5.91 Å². The predicted molar refractivity (Wildman–Crippen MR) is 109 cm³/mol. The van der Waals surface area contributed by atoms with E-state index in [4.69, 9.17) is 10.5 Å². The smallest absolute Gasteiger partial charge is 0.409 e. The molecule has 4 rings (SSSR count). The van der Waals surface area contributed by atoms with E-state index in [0.29, 0.717) is 37.1 Å². The first kappa shape index (κ1) is 20.2. The molecule has 1 aliphatic heterocycles. The number of aromatic nitrogens is 2. The second-order valence-electron chi connectivity index (χ2n) is 8.12. The average molecular weight is 415 g/mol. The molecule has 3 unspecified atom stereocenters. The molecule has 1 spiro atoms. The van der Waals surface area contributed by atoms with Crippen molar-refractivity contribution in [2.24, 2.45) is 17.1 Å². The van der Waals surface area contributed by atoms with Gasteiger partial charge in [-0.1, -0.05) is 6.92 Å². The molecule has 1 saturated heterocycles. The van der Waals surface area contributed by atoms with Gasteiger partial charge in [0.15, 0.2) is 5.82 Å². The number of carbonyl (C=O) groups is 2. The summed E-state index contributed by atoms with van der Waals surface area (Å²) in [5.41, 5.74) is 6.46. The molecule has 3 atom stereocenters. The van der Waals surface area contributed by atoms with Crippen LogP contribution in [0.25, 0.3) is 0 Å². The summed E-state index contributed by atoms with van der Waals surface area (Å²) < 4.78 is 20.1. The van der Waals surface area contributed by atoms with Crippen LogP contribution in [0.3, 0.4) is 0 Å². The normalized spacial score (nSPS) is 25.2. The highest BCUT2D eigenvalue weighted by molar-refractivity contribution is 5.98. The summed E-state index contributed by atoms with van der Waals surface area (Å²) in [6.07, 6.45) is 3.20. The molecule has 2 amide bonds. The van der Waals surface area contributed by atoms with E-state index in [1.54, 1.807) is 34.8 Å². The van der Waals surface area contributed by atoms with Crippen LogP contribution in [-0.2, 0) is 4.74 Å². The fourth-order valence-electron chi connectivity index (χ4n) is 4.54. The quantitative estimate of drug-likeness (QED) is 0.780. The van der Waals surface area contributed by atoms with Crippen molar-refractivity contribution in [3.05, 3.63) is 41.8 Å². The first-order valence-corrected chi connectivity index (χ1v) is 10.2. The number of carbonyl (C=O) groups excluding carboxylic acids is 2. The lowest BCUT2D eigenvalue weighted by Crippen LogP contribution is -2.46. The van der Waals surface area contributed by atoms with Gasteiger partial charge in [0, 0.05) is 25.0 Å². The van der Waals surface area contributed by atoms with E-state index in [-0.39, 0.29) is 28.9 Å². The van der Waals surface area contributed by atoms with Crippen LogP contribution in [0.5, 0.6) is 0 Å². The van der Waals surface area contributed by atoms with E-state index in [1.807, 2.05) is 0 Å². The number of halogens is 1. The Hall–Kier alpha value is -3.10. The minimum atomic E-state index is -0.609. The van der Waals surface area contributed by atoms with E-state index in [2.05, 4.69) is 17.3 Å². The standard InChI is InChI=1S/C21H26FN5O3/c1-3-30-20(29)26-9-8-21(10-13(21)2)17(12-26)27-11-16(18(23)28)19(25-27)24-15-6-4-14(22)5-7-15/h4-7,11,13,17H,3,8-10,12H2,1-2H3,(H2,23,28)(H,24,25). The summed E-state index contributed by atoms with van der Waals surface area (Å²) in [5, 5.41) is 7.66. The molecule has 1 aromatic heterocycles. The van der Waals surface area contributed by atoms with Gasteiger partial charge in [0.2, 0.25) is 0 Å². The van der Waals surface area contributed by atoms with Crippen LogP contribution in [0.15, 0.2) is 30.5 Å². The van der Waals surface area contributed by atoms with Crippen LogP contribution in [0.1, 0.15) is 43.1 Å². The molecule has 3 N–H and O–H groups in total. The zero-order valence-electron chi connectivity index (χ0n) is 17.1. The van der Waals surface area contributed by atoms with Crippen molar-refractivity contribution in [3.8, 4) is 0 Å². The highest BCUT2D eigenvalue weighted by Gasteiger charge is 2.59.